The van der Waals surface area contributed by atoms with Crippen LogP contribution >= 0.6 is 11.3 Å². The van der Waals surface area contributed by atoms with E-state index in [9.17, 15) is 15.0 Å². The number of fused-ring (bicyclic) bond motifs is 1. The molecule has 0 saturated heterocycles. The van der Waals surface area contributed by atoms with E-state index in [4.69, 9.17) is 0 Å². The van der Waals surface area contributed by atoms with Crippen LogP contribution in [-0.2, 0) is 11.2 Å². The highest BCUT2D eigenvalue weighted by molar-refractivity contribution is 7.19. The van der Waals surface area contributed by atoms with Gasteiger partial charge in [-0.15, -0.1) is 11.3 Å². The maximum absolute atomic E-state index is 10.7. The summed E-state index contributed by atoms with van der Waals surface area (Å²) < 4.78 is 0.929. The van der Waals surface area contributed by atoms with Gasteiger partial charge in [-0.3, -0.25) is 4.79 Å². The van der Waals surface area contributed by atoms with Gasteiger partial charge >= 0.3 is 0 Å². The van der Waals surface area contributed by atoms with Crippen molar-refractivity contribution in [1.82, 2.24) is 5.32 Å². The number of carbonyl (C=O) groups is 1. The topological polar surface area (TPSA) is 69.6 Å². The quantitative estimate of drug-likeness (QED) is 0.731. The number of hydrogen-bond donors (Lipinski definition) is 3. The van der Waals surface area contributed by atoms with Gasteiger partial charge in [-0.05, 0) is 23.9 Å². The molecule has 2 rings (SSSR count). The van der Waals surface area contributed by atoms with Gasteiger partial charge in [-0.2, -0.15) is 0 Å². The van der Waals surface area contributed by atoms with Crippen LogP contribution < -0.4 is 5.32 Å². The second-order valence-corrected chi connectivity index (χ2v) is 4.99. The zero-order valence-electron chi connectivity index (χ0n) is 9.36. The Morgan fingerprint density at radius 2 is 2.00 bits per heavy atom. The van der Waals surface area contributed by atoms with Crippen molar-refractivity contribution in [1.29, 1.82) is 0 Å². The Hall–Kier alpha value is -1.75. The fourth-order valence-electron chi connectivity index (χ4n) is 1.60. The van der Waals surface area contributed by atoms with Gasteiger partial charge in [0.1, 0.15) is 0 Å². The number of nitrogens with one attached hydrogen (secondary N) is 1. The number of thiophene rings is 1. The van der Waals surface area contributed by atoms with Crippen molar-refractivity contribution in [3.63, 3.8) is 0 Å². The number of phenols is 2. The van der Waals surface area contributed by atoms with Crippen LogP contribution in [0.1, 0.15) is 11.8 Å². The number of benzene rings is 1. The second kappa shape index (κ2) is 4.63. The molecule has 0 aliphatic carbocycles. The molecule has 3 N–H and O–H groups in total. The molecular weight excluding hydrogens is 238 g/mol. The third-order valence-electron chi connectivity index (χ3n) is 2.41. The summed E-state index contributed by atoms with van der Waals surface area (Å²) in [5.74, 6) is -0.252. The minimum absolute atomic E-state index is 0.0404. The molecule has 0 atom stereocenters. The number of aromatic hydroxyl groups is 2. The molecule has 1 heterocycles. The summed E-state index contributed by atoms with van der Waals surface area (Å²) in [7, 11) is 0. The predicted molar refractivity (Wildman–Crippen MR) is 67.5 cm³/mol. The first-order chi connectivity index (χ1) is 8.06. The fraction of sp³-hybridized carbons (Fsp3) is 0.250. The number of carbonyl (C=O) groups excluding carboxylic acids is 1. The van der Waals surface area contributed by atoms with Crippen molar-refractivity contribution in [2.45, 2.75) is 13.3 Å². The van der Waals surface area contributed by atoms with E-state index in [1.54, 1.807) is 23.5 Å². The maximum Gasteiger partial charge on any atom is 0.216 e. The Kier molecular flexibility index (Phi) is 3.19. The van der Waals surface area contributed by atoms with Crippen LogP contribution in [0.2, 0.25) is 0 Å². The van der Waals surface area contributed by atoms with E-state index in [2.05, 4.69) is 5.32 Å². The zero-order chi connectivity index (χ0) is 12.4. The van der Waals surface area contributed by atoms with Crippen LogP contribution in [0.3, 0.4) is 0 Å². The van der Waals surface area contributed by atoms with Gasteiger partial charge in [0.25, 0.3) is 0 Å². The summed E-state index contributed by atoms with van der Waals surface area (Å²) in [6, 6.07) is 5.06. The van der Waals surface area contributed by atoms with E-state index >= 15 is 0 Å². The van der Waals surface area contributed by atoms with E-state index in [1.165, 1.54) is 6.92 Å². The monoisotopic (exact) mass is 251 g/mol. The molecule has 0 aliphatic rings. The number of hydrogen-bond acceptors (Lipinski definition) is 4. The third-order valence-corrected chi connectivity index (χ3v) is 3.57. The van der Waals surface area contributed by atoms with E-state index in [-0.39, 0.29) is 17.4 Å². The van der Waals surface area contributed by atoms with E-state index in [1.807, 2.05) is 6.07 Å². The largest absolute Gasteiger partial charge is 0.504 e. The van der Waals surface area contributed by atoms with Gasteiger partial charge in [0, 0.05) is 29.1 Å². The fourth-order valence-corrected chi connectivity index (χ4v) is 2.68. The van der Waals surface area contributed by atoms with Crippen molar-refractivity contribution in [3.05, 3.63) is 23.1 Å². The molecule has 0 fully saturated rings. The summed E-state index contributed by atoms with van der Waals surface area (Å²) in [4.78, 5) is 11.8. The standard InChI is InChI=1S/C12H13NO3S/c1-7(14)13-3-2-9-4-8-5-10(15)11(16)6-12(8)17-9/h4-6,15-16H,2-3H2,1H3,(H,13,14). The molecule has 0 saturated carbocycles. The average molecular weight is 251 g/mol. The number of amides is 1. The molecule has 1 aromatic carbocycles. The zero-order valence-corrected chi connectivity index (χ0v) is 10.2. The van der Waals surface area contributed by atoms with Crippen LogP contribution in [0.15, 0.2) is 18.2 Å². The normalized spacial score (nSPS) is 10.6. The molecular formula is C12H13NO3S. The molecule has 5 heteroatoms. The first-order valence-corrected chi connectivity index (χ1v) is 6.07. The average Bonchev–Trinajstić information content (AvgIpc) is 2.60. The Labute approximate surface area is 103 Å². The Morgan fingerprint density at radius 1 is 1.29 bits per heavy atom. The number of rotatable bonds is 3. The molecule has 0 bridgehead atoms. The number of phenolic OH excluding ortho intramolecular Hbond substituents is 2. The molecule has 4 nitrogen and oxygen atoms in total. The highest BCUT2D eigenvalue weighted by atomic mass is 32.1. The van der Waals surface area contributed by atoms with Crippen molar-refractivity contribution in [2.24, 2.45) is 0 Å². The predicted octanol–water partition coefficient (Wildman–Crippen LogP) is 1.99. The lowest BCUT2D eigenvalue weighted by atomic mass is 10.2. The molecule has 1 amide bonds. The molecule has 17 heavy (non-hydrogen) atoms. The van der Waals surface area contributed by atoms with Crippen molar-refractivity contribution >= 4 is 27.3 Å². The first kappa shape index (κ1) is 11.7. The minimum Gasteiger partial charge on any atom is -0.504 e. The summed E-state index contributed by atoms with van der Waals surface area (Å²) in [6.45, 7) is 2.08. The molecule has 0 aliphatic heterocycles. The third kappa shape index (κ3) is 2.68. The molecule has 1 aromatic heterocycles. The summed E-state index contributed by atoms with van der Waals surface area (Å²) in [5, 5.41) is 22.4. The summed E-state index contributed by atoms with van der Waals surface area (Å²) >= 11 is 1.55. The Bertz CT molecular complexity index is 523. The lowest BCUT2D eigenvalue weighted by Crippen LogP contribution is -2.21. The molecule has 0 spiro atoms. The molecule has 90 valence electrons. The SMILES string of the molecule is CC(=O)NCCc1cc2cc(O)c(O)cc2s1. The molecule has 2 aromatic rings. The van der Waals surface area contributed by atoms with Crippen molar-refractivity contribution < 1.29 is 15.0 Å². The summed E-state index contributed by atoms with van der Waals surface area (Å²) in [5.41, 5.74) is 0. The molecule has 0 unspecified atom stereocenters. The first-order valence-electron chi connectivity index (χ1n) is 5.25. The minimum atomic E-state index is -0.108. The lowest BCUT2D eigenvalue weighted by molar-refractivity contribution is -0.118. The van der Waals surface area contributed by atoms with Crippen molar-refractivity contribution in [2.75, 3.05) is 6.54 Å². The Morgan fingerprint density at radius 3 is 2.71 bits per heavy atom. The van der Waals surface area contributed by atoms with Crippen LogP contribution in [0.4, 0.5) is 0 Å². The molecule has 0 radical (unpaired) electrons. The van der Waals surface area contributed by atoms with Crippen molar-refractivity contribution in [3.8, 4) is 11.5 Å². The Balaban J connectivity index is 2.17. The van der Waals surface area contributed by atoms with E-state index < -0.39 is 0 Å². The van der Waals surface area contributed by atoms with Crippen LogP contribution in [0, 0.1) is 0 Å². The van der Waals surface area contributed by atoms with Gasteiger partial charge in [0.15, 0.2) is 11.5 Å². The van der Waals surface area contributed by atoms with E-state index in [0.717, 1.165) is 21.4 Å². The highest BCUT2D eigenvalue weighted by Gasteiger charge is 2.06. The van der Waals surface area contributed by atoms with Crippen LogP contribution in [0.5, 0.6) is 11.5 Å². The van der Waals surface area contributed by atoms with Crippen LogP contribution in [0.25, 0.3) is 10.1 Å². The van der Waals surface area contributed by atoms with Gasteiger partial charge < -0.3 is 15.5 Å². The smallest absolute Gasteiger partial charge is 0.216 e. The van der Waals surface area contributed by atoms with Gasteiger partial charge in [-0.1, -0.05) is 0 Å². The van der Waals surface area contributed by atoms with Crippen LogP contribution in [-0.4, -0.2) is 22.7 Å². The van der Waals surface area contributed by atoms with Gasteiger partial charge in [0.2, 0.25) is 5.91 Å². The summed E-state index contributed by atoms with van der Waals surface area (Å²) in [6.07, 6.45) is 0.750. The van der Waals surface area contributed by atoms with Gasteiger partial charge in [0.05, 0.1) is 0 Å². The second-order valence-electron chi connectivity index (χ2n) is 3.82. The van der Waals surface area contributed by atoms with E-state index in [0.29, 0.717) is 6.54 Å². The lowest BCUT2D eigenvalue weighted by Gasteiger charge is -1.98. The highest BCUT2D eigenvalue weighted by Crippen LogP contribution is 2.34. The van der Waals surface area contributed by atoms with Gasteiger partial charge in [-0.25, -0.2) is 0 Å². The maximum atomic E-state index is 10.7.